The fraction of sp³-hybridized carbons (Fsp3) is 0.0909. The van der Waals surface area contributed by atoms with Gasteiger partial charge in [0.15, 0.2) is 0 Å². The maximum Gasteiger partial charge on any atom is -0.0809 e. The van der Waals surface area contributed by atoms with Crippen molar-refractivity contribution in [3.8, 4) is 0 Å². The van der Waals surface area contributed by atoms with Crippen LogP contribution < -0.4 is 0 Å². The molecule has 0 unspecified atom stereocenters. The summed E-state index contributed by atoms with van der Waals surface area (Å²) in [5.41, 5.74) is 1.44. The average Bonchev–Trinajstić information content (AvgIpc) is 3.23. The third-order valence-electron chi connectivity index (χ3n) is 3.63. The van der Waals surface area contributed by atoms with Gasteiger partial charge in [0.2, 0.25) is 0 Å². The quantitative estimate of drug-likeness (QED) is 0.202. The molecule has 0 bridgehead atoms. The first-order valence-electron chi connectivity index (χ1n) is 7.36. The van der Waals surface area contributed by atoms with Crippen LogP contribution in [-0.2, 0) is 29.8 Å². The molecule has 26 heavy (non-hydrogen) atoms. The zero-order chi connectivity index (χ0) is 15.8. The summed E-state index contributed by atoms with van der Waals surface area (Å²) in [7, 11) is 0. The van der Waals surface area contributed by atoms with E-state index in [0.29, 0.717) is 0 Å². The monoisotopic (exact) mass is 478 g/mol. The maximum absolute atomic E-state index is 3.06. The minimum Gasteiger partial charge on any atom is -0.168 e. The predicted molar refractivity (Wildman–Crippen MR) is 122 cm³/mol. The molecule has 2 radical (unpaired) electrons. The first kappa shape index (κ1) is 30.1. The molecule has 0 saturated carbocycles. The van der Waals surface area contributed by atoms with Gasteiger partial charge in [0.1, 0.15) is 0 Å². The smallest absolute Gasteiger partial charge is 0.0809 e. The third kappa shape index (κ3) is 8.35. The topological polar surface area (TPSA) is 0 Å². The summed E-state index contributed by atoms with van der Waals surface area (Å²) in [5, 5.41) is 5.39. The van der Waals surface area contributed by atoms with Crippen molar-refractivity contribution in [3.63, 3.8) is 0 Å². The SMILES string of the molecule is CCc1cc2ccccc2[cH-]1.Cl.Cl.[CH3-].[CH3-].[Si]=[Zr].c1ccc2[cH-]ccc2c1. The molecule has 0 heterocycles. The number of hydrogen-bond acceptors (Lipinski definition) is 0. The fourth-order valence-corrected chi connectivity index (χ4v) is 2.49. The van der Waals surface area contributed by atoms with Crippen LogP contribution in [0.3, 0.4) is 0 Å². The number of halogens is 2. The van der Waals surface area contributed by atoms with E-state index in [-0.39, 0.29) is 39.7 Å². The van der Waals surface area contributed by atoms with E-state index in [1.165, 1.54) is 50.4 Å². The van der Waals surface area contributed by atoms with E-state index in [9.17, 15) is 0 Å². The van der Waals surface area contributed by atoms with Gasteiger partial charge in [-0.15, -0.1) is 95.1 Å². The summed E-state index contributed by atoms with van der Waals surface area (Å²) in [6, 6.07) is 27.7. The molecular formula is C22H26Cl2SiZr-4. The Morgan fingerprint density at radius 2 is 1.35 bits per heavy atom. The first-order valence-corrected chi connectivity index (χ1v) is 11.6. The van der Waals surface area contributed by atoms with Gasteiger partial charge in [-0.2, -0.15) is 23.6 Å². The van der Waals surface area contributed by atoms with Crippen molar-refractivity contribution in [3.05, 3.63) is 99.3 Å². The van der Waals surface area contributed by atoms with Gasteiger partial charge in [-0.3, -0.25) is 0 Å². The molecule has 0 atom stereocenters. The Balaban J connectivity index is -0.000000329. The van der Waals surface area contributed by atoms with Gasteiger partial charge in [0, 0.05) is 0 Å². The average molecular weight is 481 g/mol. The normalized spacial score (nSPS) is 8.15. The zero-order valence-electron chi connectivity index (χ0n) is 15.5. The largest absolute Gasteiger partial charge is 0.168 e. The Labute approximate surface area is 188 Å². The van der Waals surface area contributed by atoms with Crippen molar-refractivity contribution >= 4 is 53.2 Å². The van der Waals surface area contributed by atoms with E-state index in [1.807, 2.05) is 0 Å². The minimum atomic E-state index is 0. The Morgan fingerprint density at radius 3 is 1.88 bits per heavy atom. The molecular weight excluding hydrogens is 454 g/mol. The fourth-order valence-electron chi connectivity index (χ4n) is 2.49. The summed E-state index contributed by atoms with van der Waals surface area (Å²) < 4.78 is 0. The second-order valence-corrected chi connectivity index (χ2v) is 5.00. The van der Waals surface area contributed by atoms with Crippen LogP contribution in [0, 0.1) is 14.9 Å². The van der Waals surface area contributed by atoms with E-state index in [0.717, 1.165) is 6.42 Å². The van der Waals surface area contributed by atoms with Crippen LogP contribution in [0.15, 0.2) is 78.9 Å². The van der Waals surface area contributed by atoms with Gasteiger partial charge in [0.05, 0.1) is 0 Å². The summed E-state index contributed by atoms with van der Waals surface area (Å²) in [6.07, 6.45) is 1.13. The second kappa shape index (κ2) is 16.5. The van der Waals surface area contributed by atoms with Gasteiger partial charge in [-0.1, -0.05) is 19.1 Å². The molecule has 0 aliphatic rings. The summed E-state index contributed by atoms with van der Waals surface area (Å²) in [4.78, 5) is 0. The van der Waals surface area contributed by atoms with Crippen LogP contribution in [0.25, 0.3) is 21.5 Å². The first-order chi connectivity index (χ1) is 10.9. The molecule has 0 N–H and O–H groups in total. The Hall–Kier alpha value is -0.660. The molecule has 0 aliphatic carbocycles. The van der Waals surface area contributed by atoms with Crippen molar-refractivity contribution in [2.45, 2.75) is 13.3 Å². The number of benzene rings is 2. The van der Waals surface area contributed by atoms with Gasteiger partial charge in [-0.05, 0) is 6.42 Å². The number of rotatable bonds is 1. The van der Waals surface area contributed by atoms with Gasteiger partial charge in [0.25, 0.3) is 0 Å². The number of hydrogen-bond donors (Lipinski definition) is 0. The van der Waals surface area contributed by atoms with Crippen LogP contribution in [0.5, 0.6) is 0 Å². The summed E-state index contributed by atoms with van der Waals surface area (Å²) >= 11 is 1.36. The standard InChI is InChI=1S/C11H11.C9H7.2CH3.2ClH.Si.Zr/c1-2-9-7-10-5-3-4-6-11(10)8-9;1-2-5-9-7-3-6-8(9)4-1;;;;;;/h3-8H,2H2,1H3;1-7H;2*1H3;2*1H;;/q4*-1;;;;. The molecule has 4 heteroatoms. The van der Waals surface area contributed by atoms with Crippen LogP contribution in [0.2, 0.25) is 0 Å². The number of fused-ring (bicyclic) bond motifs is 2. The Bertz CT molecular complexity index is 773. The molecule has 4 rings (SSSR count). The molecule has 4 aromatic carbocycles. The molecule has 0 saturated heterocycles. The van der Waals surface area contributed by atoms with Gasteiger partial charge in [-0.25, -0.2) is 0 Å². The van der Waals surface area contributed by atoms with E-state index in [1.54, 1.807) is 0 Å². The van der Waals surface area contributed by atoms with Gasteiger partial charge >= 0.3 is 30.2 Å². The molecule has 0 spiro atoms. The Kier molecular flexibility index (Phi) is 19.1. The van der Waals surface area contributed by atoms with Crippen molar-refractivity contribution in [2.24, 2.45) is 0 Å². The van der Waals surface area contributed by atoms with E-state index >= 15 is 0 Å². The zero-order valence-corrected chi connectivity index (χ0v) is 20.6. The maximum atomic E-state index is 3.06. The van der Waals surface area contributed by atoms with Crippen molar-refractivity contribution in [1.82, 2.24) is 0 Å². The molecule has 0 aromatic heterocycles. The predicted octanol–water partition coefficient (Wildman–Crippen LogP) is 7.04. The van der Waals surface area contributed by atoms with Gasteiger partial charge < -0.3 is 14.9 Å². The van der Waals surface area contributed by atoms with E-state index < -0.39 is 0 Å². The number of aryl methyl sites for hydroxylation is 1. The molecule has 0 amide bonds. The molecule has 140 valence electrons. The summed E-state index contributed by atoms with van der Waals surface area (Å²) in [5.74, 6) is 0. The van der Waals surface area contributed by atoms with Crippen molar-refractivity contribution in [1.29, 1.82) is 0 Å². The Morgan fingerprint density at radius 1 is 0.808 bits per heavy atom. The van der Waals surface area contributed by atoms with E-state index in [4.69, 9.17) is 0 Å². The molecule has 4 aromatic rings. The van der Waals surface area contributed by atoms with Crippen LogP contribution in [0.1, 0.15) is 12.5 Å². The second-order valence-electron chi connectivity index (χ2n) is 5.00. The van der Waals surface area contributed by atoms with Crippen molar-refractivity contribution < 1.29 is 23.3 Å². The summed E-state index contributed by atoms with van der Waals surface area (Å²) in [6.45, 7) is 5.25. The van der Waals surface area contributed by atoms with Crippen molar-refractivity contribution in [2.75, 3.05) is 0 Å². The van der Waals surface area contributed by atoms with Crippen LogP contribution >= 0.6 is 24.8 Å². The third-order valence-corrected chi connectivity index (χ3v) is 3.63. The minimum absolute atomic E-state index is 0. The molecule has 0 aliphatic heterocycles. The molecule has 0 fully saturated rings. The van der Waals surface area contributed by atoms with E-state index in [2.05, 4.69) is 92.7 Å². The molecule has 0 nitrogen and oxygen atoms in total. The van der Waals surface area contributed by atoms with Crippen LogP contribution in [-0.4, -0.2) is 6.88 Å². The van der Waals surface area contributed by atoms with Crippen LogP contribution in [0.4, 0.5) is 0 Å².